The van der Waals surface area contributed by atoms with E-state index in [1.807, 2.05) is 0 Å². The molecule has 9 heteroatoms. The number of hydrogen-bond acceptors (Lipinski definition) is 7. The first kappa shape index (κ1) is 21.3. The van der Waals surface area contributed by atoms with Crippen LogP contribution in [-0.2, 0) is 20.9 Å². The predicted octanol–water partition coefficient (Wildman–Crippen LogP) is 2.70. The third-order valence-corrected chi connectivity index (χ3v) is 4.50. The summed E-state index contributed by atoms with van der Waals surface area (Å²) in [6.07, 6.45) is 1.50. The number of benzene rings is 2. The van der Waals surface area contributed by atoms with Gasteiger partial charge >= 0.3 is 11.9 Å². The molecule has 0 radical (unpaired) electrons. The van der Waals surface area contributed by atoms with Crippen LogP contribution in [0.3, 0.4) is 0 Å². The van der Waals surface area contributed by atoms with Gasteiger partial charge in [-0.2, -0.15) is 0 Å². The number of imide groups is 1. The molecule has 0 aromatic heterocycles. The van der Waals surface area contributed by atoms with E-state index in [4.69, 9.17) is 9.47 Å². The highest BCUT2D eigenvalue weighted by Gasteiger charge is 2.27. The molecule has 1 aliphatic rings. The van der Waals surface area contributed by atoms with Gasteiger partial charge in [0.2, 0.25) is 0 Å². The first-order chi connectivity index (χ1) is 14.2. The minimum absolute atomic E-state index is 0.223. The standard InChI is InChI=1S/C21H17BrN2O6/c1-11(25)29-15-5-13(6-16(8-15)30-12(2)26)9-23-10-19-18-7-14(22)3-4-17(18)20(27)24-21(19)28/h3-8,10,23H,9H2,1-2H3,(H,24,27,28)/b19-10-. The lowest BCUT2D eigenvalue weighted by Gasteiger charge is -2.18. The number of fused-ring (bicyclic) bond motifs is 1. The largest absolute Gasteiger partial charge is 0.427 e. The number of carbonyl (C=O) groups excluding carboxylic acids is 4. The lowest BCUT2D eigenvalue weighted by atomic mass is 9.95. The lowest BCUT2D eigenvalue weighted by molar-refractivity contribution is -0.132. The van der Waals surface area contributed by atoms with Crippen molar-refractivity contribution in [2.75, 3.05) is 0 Å². The normalized spacial score (nSPS) is 14.0. The first-order valence-electron chi connectivity index (χ1n) is 8.83. The van der Waals surface area contributed by atoms with Gasteiger partial charge in [-0.3, -0.25) is 24.5 Å². The Bertz CT molecular complexity index is 1060. The Kier molecular flexibility index (Phi) is 6.31. The van der Waals surface area contributed by atoms with Crippen molar-refractivity contribution in [1.82, 2.24) is 10.6 Å². The number of ether oxygens (including phenoxy) is 2. The van der Waals surface area contributed by atoms with E-state index in [9.17, 15) is 19.2 Å². The van der Waals surface area contributed by atoms with Gasteiger partial charge in [-0.1, -0.05) is 15.9 Å². The van der Waals surface area contributed by atoms with Gasteiger partial charge in [-0.25, -0.2) is 0 Å². The van der Waals surface area contributed by atoms with Gasteiger partial charge in [0, 0.05) is 48.3 Å². The van der Waals surface area contributed by atoms with Crippen molar-refractivity contribution in [3.63, 3.8) is 0 Å². The topological polar surface area (TPSA) is 111 Å². The fourth-order valence-electron chi connectivity index (χ4n) is 2.89. The molecule has 0 fully saturated rings. The molecule has 1 heterocycles. The number of rotatable bonds is 5. The van der Waals surface area contributed by atoms with E-state index in [1.165, 1.54) is 26.1 Å². The Morgan fingerprint density at radius 3 is 2.20 bits per heavy atom. The molecule has 2 aromatic rings. The smallest absolute Gasteiger partial charge is 0.308 e. The van der Waals surface area contributed by atoms with Crippen molar-refractivity contribution >= 4 is 45.3 Å². The molecular formula is C21H17BrN2O6. The Morgan fingerprint density at radius 1 is 0.967 bits per heavy atom. The zero-order valence-corrected chi connectivity index (χ0v) is 17.7. The molecular weight excluding hydrogens is 456 g/mol. The molecule has 0 spiro atoms. The van der Waals surface area contributed by atoms with Crippen molar-refractivity contribution in [3.8, 4) is 11.5 Å². The number of halogens is 1. The Hall–Kier alpha value is -3.46. The summed E-state index contributed by atoms with van der Waals surface area (Å²) in [6.45, 7) is 2.76. The maximum atomic E-state index is 12.3. The summed E-state index contributed by atoms with van der Waals surface area (Å²) < 4.78 is 10.9. The molecule has 0 saturated carbocycles. The number of esters is 2. The molecule has 0 aliphatic carbocycles. The summed E-state index contributed by atoms with van der Waals surface area (Å²) in [4.78, 5) is 46.8. The van der Waals surface area contributed by atoms with E-state index in [-0.39, 0.29) is 18.0 Å². The number of carbonyl (C=O) groups is 4. The van der Waals surface area contributed by atoms with E-state index in [2.05, 4.69) is 26.6 Å². The molecule has 2 N–H and O–H groups in total. The van der Waals surface area contributed by atoms with Crippen LogP contribution >= 0.6 is 15.9 Å². The van der Waals surface area contributed by atoms with Crippen LogP contribution in [0.15, 0.2) is 47.1 Å². The van der Waals surface area contributed by atoms with Crippen molar-refractivity contribution in [1.29, 1.82) is 0 Å². The van der Waals surface area contributed by atoms with Gasteiger partial charge in [0.05, 0.1) is 5.57 Å². The second-order valence-corrected chi connectivity index (χ2v) is 7.33. The summed E-state index contributed by atoms with van der Waals surface area (Å²) in [5, 5.41) is 5.31. The van der Waals surface area contributed by atoms with Crippen LogP contribution in [0.5, 0.6) is 11.5 Å². The van der Waals surface area contributed by atoms with Gasteiger partial charge in [-0.15, -0.1) is 0 Å². The van der Waals surface area contributed by atoms with E-state index >= 15 is 0 Å². The molecule has 1 aliphatic heterocycles. The van der Waals surface area contributed by atoms with E-state index in [0.717, 1.165) is 4.47 Å². The highest BCUT2D eigenvalue weighted by Crippen LogP contribution is 2.27. The molecule has 0 saturated heterocycles. The van der Waals surface area contributed by atoms with Crippen LogP contribution in [0, 0.1) is 0 Å². The van der Waals surface area contributed by atoms with Crippen LogP contribution in [0.2, 0.25) is 0 Å². The Morgan fingerprint density at radius 2 is 1.60 bits per heavy atom. The molecule has 30 heavy (non-hydrogen) atoms. The Labute approximate surface area is 180 Å². The average Bonchev–Trinajstić information content (AvgIpc) is 2.62. The van der Waals surface area contributed by atoms with Gasteiger partial charge < -0.3 is 14.8 Å². The van der Waals surface area contributed by atoms with E-state index < -0.39 is 23.8 Å². The SMILES string of the molecule is CC(=O)Oc1cc(CN/C=C2\C(=O)NC(=O)c3ccc(Br)cc32)cc(OC(C)=O)c1. The van der Waals surface area contributed by atoms with Crippen molar-refractivity contribution in [2.24, 2.45) is 0 Å². The van der Waals surface area contributed by atoms with Gasteiger partial charge in [-0.05, 0) is 35.9 Å². The summed E-state index contributed by atoms with van der Waals surface area (Å²) in [7, 11) is 0. The van der Waals surface area contributed by atoms with Crippen molar-refractivity contribution in [3.05, 3.63) is 63.8 Å². The molecule has 0 unspecified atom stereocenters. The highest BCUT2D eigenvalue weighted by atomic mass is 79.9. The highest BCUT2D eigenvalue weighted by molar-refractivity contribution is 9.10. The quantitative estimate of drug-likeness (QED) is 0.297. The van der Waals surface area contributed by atoms with Gasteiger partial charge in [0.1, 0.15) is 11.5 Å². The molecule has 3 rings (SSSR count). The maximum Gasteiger partial charge on any atom is 0.308 e. The van der Waals surface area contributed by atoms with Gasteiger partial charge in [0.25, 0.3) is 11.8 Å². The van der Waals surface area contributed by atoms with Crippen LogP contribution in [-0.4, -0.2) is 23.8 Å². The molecule has 2 amide bonds. The second kappa shape index (κ2) is 8.91. The maximum absolute atomic E-state index is 12.3. The molecule has 0 atom stereocenters. The summed E-state index contributed by atoms with van der Waals surface area (Å²) >= 11 is 3.34. The molecule has 0 bridgehead atoms. The van der Waals surface area contributed by atoms with Crippen LogP contribution in [0.1, 0.15) is 35.3 Å². The summed E-state index contributed by atoms with van der Waals surface area (Å²) in [5.74, 6) is -1.56. The van der Waals surface area contributed by atoms with E-state index in [1.54, 1.807) is 30.3 Å². The third kappa shape index (κ3) is 5.12. The second-order valence-electron chi connectivity index (χ2n) is 6.41. The molecule has 154 valence electrons. The predicted molar refractivity (Wildman–Crippen MR) is 110 cm³/mol. The average molecular weight is 473 g/mol. The minimum atomic E-state index is -0.521. The fourth-order valence-corrected chi connectivity index (χ4v) is 3.26. The van der Waals surface area contributed by atoms with Gasteiger partial charge in [0.15, 0.2) is 0 Å². The monoisotopic (exact) mass is 472 g/mol. The molecule has 2 aromatic carbocycles. The molecule has 8 nitrogen and oxygen atoms in total. The number of amides is 2. The first-order valence-corrected chi connectivity index (χ1v) is 9.62. The van der Waals surface area contributed by atoms with Crippen LogP contribution in [0.4, 0.5) is 0 Å². The Balaban J connectivity index is 1.85. The zero-order chi connectivity index (χ0) is 21.8. The summed E-state index contributed by atoms with van der Waals surface area (Å²) in [5.41, 5.74) is 1.82. The third-order valence-electron chi connectivity index (χ3n) is 4.00. The van der Waals surface area contributed by atoms with Crippen LogP contribution < -0.4 is 20.1 Å². The van der Waals surface area contributed by atoms with Crippen molar-refractivity contribution < 1.29 is 28.7 Å². The van der Waals surface area contributed by atoms with Crippen molar-refractivity contribution in [2.45, 2.75) is 20.4 Å². The fraction of sp³-hybridized carbons (Fsp3) is 0.143. The van der Waals surface area contributed by atoms with E-state index in [0.29, 0.717) is 22.3 Å². The zero-order valence-electron chi connectivity index (χ0n) is 16.1. The van der Waals surface area contributed by atoms with Crippen LogP contribution in [0.25, 0.3) is 5.57 Å². The number of nitrogens with one attached hydrogen (secondary N) is 2. The summed E-state index contributed by atoms with van der Waals surface area (Å²) in [6, 6.07) is 9.68. The minimum Gasteiger partial charge on any atom is -0.427 e. The number of hydrogen-bond donors (Lipinski definition) is 2. The lowest BCUT2D eigenvalue weighted by Crippen LogP contribution is -2.37.